The Morgan fingerprint density at radius 3 is 2.82 bits per heavy atom. The smallest absolute Gasteiger partial charge is 0.181 e. The Labute approximate surface area is 131 Å². The number of hydrogen-bond donors (Lipinski definition) is 1. The molecule has 1 fully saturated rings. The van der Waals surface area contributed by atoms with Gasteiger partial charge >= 0.3 is 0 Å². The first kappa shape index (κ1) is 13.5. The summed E-state index contributed by atoms with van der Waals surface area (Å²) in [4.78, 5) is 14.5. The molecule has 0 unspecified atom stereocenters. The summed E-state index contributed by atoms with van der Waals surface area (Å²) in [7, 11) is 1.88. The molecule has 0 atom stereocenters. The van der Waals surface area contributed by atoms with Gasteiger partial charge in [0.15, 0.2) is 5.65 Å². The Hall–Kier alpha value is -2.12. The van der Waals surface area contributed by atoms with Crippen LogP contribution in [-0.2, 0) is 11.8 Å². The van der Waals surface area contributed by atoms with Gasteiger partial charge in [0.1, 0.15) is 16.5 Å². The number of aromatic nitrogens is 5. The van der Waals surface area contributed by atoms with Crippen LogP contribution in [0.15, 0.2) is 18.5 Å². The number of nitrogens with one attached hydrogen (secondary N) is 1. The Bertz CT molecular complexity index is 820. The molecule has 0 spiro atoms. The van der Waals surface area contributed by atoms with Gasteiger partial charge in [0.25, 0.3) is 0 Å². The van der Waals surface area contributed by atoms with E-state index in [9.17, 15) is 0 Å². The van der Waals surface area contributed by atoms with Gasteiger partial charge in [0.05, 0.1) is 30.7 Å². The van der Waals surface area contributed by atoms with Gasteiger partial charge < -0.3 is 14.6 Å². The molecule has 114 valence electrons. The van der Waals surface area contributed by atoms with Crippen LogP contribution >= 0.6 is 11.6 Å². The van der Waals surface area contributed by atoms with Crippen molar-refractivity contribution in [3.8, 4) is 11.4 Å². The van der Waals surface area contributed by atoms with Crippen LogP contribution < -0.4 is 4.90 Å². The second-order valence-corrected chi connectivity index (χ2v) is 5.64. The SMILES string of the molecule is Cn1cc(-c2nc3nc(Cl)cc(N4CCOCC4)c3[nH]2)cn1. The maximum Gasteiger partial charge on any atom is 0.181 e. The van der Waals surface area contributed by atoms with E-state index in [2.05, 4.69) is 25.0 Å². The van der Waals surface area contributed by atoms with Crippen molar-refractivity contribution in [3.63, 3.8) is 0 Å². The quantitative estimate of drug-likeness (QED) is 0.730. The summed E-state index contributed by atoms with van der Waals surface area (Å²) in [5.74, 6) is 0.743. The number of rotatable bonds is 2. The zero-order valence-electron chi connectivity index (χ0n) is 12.1. The van der Waals surface area contributed by atoms with E-state index in [1.807, 2.05) is 19.3 Å². The number of pyridine rings is 1. The van der Waals surface area contributed by atoms with Crippen molar-refractivity contribution in [1.82, 2.24) is 24.7 Å². The molecule has 1 aliphatic heterocycles. The third-order valence-corrected chi connectivity index (χ3v) is 3.93. The zero-order chi connectivity index (χ0) is 15.1. The minimum absolute atomic E-state index is 0.443. The first-order valence-electron chi connectivity index (χ1n) is 7.09. The highest BCUT2D eigenvalue weighted by Gasteiger charge is 2.18. The molecule has 1 N–H and O–H groups in total. The molecule has 22 heavy (non-hydrogen) atoms. The lowest BCUT2D eigenvalue weighted by Crippen LogP contribution is -2.36. The summed E-state index contributed by atoms with van der Waals surface area (Å²) in [5.41, 5.74) is 3.45. The molecular formula is C14H15ClN6O. The summed E-state index contributed by atoms with van der Waals surface area (Å²) in [5, 5.41) is 4.62. The van der Waals surface area contributed by atoms with Crippen LogP contribution in [0.3, 0.4) is 0 Å². The third kappa shape index (κ3) is 2.32. The number of anilines is 1. The molecule has 8 heteroatoms. The van der Waals surface area contributed by atoms with Gasteiger partial charge in [-0.05, 0) is 0 Å². The summed E-state index contributed by atoms with van der Waals surface area (Å²) in [6.45, 7) is 3.09. The van der Waals surface area contributed by atoms with E-state index in [0.717, 1.165) is 35.7 Å². The van der Waals surface area contributed by atoms with Crippen molar-refractivity contribution in [2.45, 2.75) is 0 Å². The topological polar surface area (TPSA) is 71.9 Å². The number of fused-ring (bicyclic) bond motifs is 1. The number of imidazole rings is 1. The van der Waals surface area contributed by atoms with E-state index in [0.29, 0.717) is 24.0 Å². The Morgan fingerprint density at radius 2 is 2.09 bits per heavy atom. The van der Waals surface area contributed by atoms with Crippen molar-refractivity contribution in [2.24, 2.45) is 7.05 Å². The van der Waals surface area contributed by atoms with Gasteiger partial charge in [-0.3, -0.25) is 4.68 Å². The first-order chi connectivity index (χ1) is 10.7. The minimum atomic E-state index is 0.443. The summed E-state index contributed by atoms with van der Waals surface area (Å²) < 4.78 is 7.16. The van der Waals surface area contributed by atoms with Crippen LogP contribution in [0.1, 0.15) is 0 Å². The second-order valence-electron chi connectivity index (χ2n) is 5.25. The van der Waals surface area contributed by atoms with E-state index >= 15 is 0 Å². The molecule has 3 aromatic heterocycles. The average Bonchev–Trinajstić information content (AvgIpc) is 3.13. The van der Waals surface area contributed by atoms with E-state index < -0.39 is 0 Å². The maximum atomic E-state index is 6.16. The second kappa shape index (κ2) is 5.26. The van der Waals surface area contributed by atoms with Crippen molar-refractivity contribution >= 4 is 28.5 Å². The fourth-order valence-electron chi connectivity index (χ4n) is 2.68. The summed E-state index contributed by atoms with van der Waals surface area (Å²) in [6, 6.07) is 1.88. The van der Waals surface area contributed by atoms with E-state index in [1.54, 1.807) is 10.9 Å². The minimum Gasteiger partial charge on any atom is -0.378 e. The van der Waals surface area contributed by atoms with Gasteiger partial charge in [-0.15, -0.1) is 0 Å². The molecule has 0 saturated carbocycles. The summed E-state index contributed by atoms with van der Waals surface area (Å²) in [6.07, 6.45) is 3.68. The number of halogens is 1. The van der Waals surface area contributed by atoms with E-state index in [-0.39, 0.29) is 0 Å². The molecule has 0 aliphatic carbocycles. The molecule has 3 aromatic rings. The normalized spacial score (nSPS) is 15.6. The number of nitrogens with zero attached hydrogens (tertiary/aromatic N) is 5. The highest BCUT2D eigenvalue weighted by atomic mass is 35.5. The van der Waals surface area contributed by atoms with Crippen LogP contribution in [0.25, 0.3) is 22.6 Å². The standard InChI is InChI=1S/C14H15ClN6O/c1-20-8-9(7-16-20)13-18-12-10(21-2-4-22-5-3-21)6-11(15)17-14(12)19-13/h6-8H,2-5H2,1H3,(H,17,18,19). The van der Waals surface area contributed by atoms with Crippen LogP contribution in [0.4, 0.5) is 5.69 Å². The lowest BCUT2D eigenvalue weighted by atomic mass is 10.3. The van der Waals surface area contributed by atoms with Gasteiger partial charge in [-0.1, -0.05) is 11.6 Å². The number of ether oxygens (including phenoxy) is 1. The lowest BCUT2D eigenvalue weighted by Gasteiger charge is -2.29. The Morgan fingerprint density at radius 1 is 1.27 bits per heavy atom. The zero-order valence-corrected chi connectivity index (χ0v) is 12.8. The van der Waals surface area contributed by atoms with E-state index in [4.69, 9.17) is 16.3 Å². The first-order valence-corrected chi connectivity index (χ1v) is 7.46. The molecule has 7 nitrogen and oxygen atoms in total. The molecule has 1 aliphatic rings. The van der Waals surface area contributed by atoms with Crippen molar-refractivity contribution < 1.29 is 4.74 Å². The Balaban J connectivity index is 1.84. The lowest BCUT2D eigenvalue weighted by molar-refractivity contribution is 0.123. The van der Waals surface area contributed by atoms with Gasteiger partial charge in [0.2, 0.25) is 0 Å². The van der Waals surface area contributed by atoms with Crippen molar-refractivity contribution in [2.75, 3.05) is 31.2 Å². The largest absolute Gasteiger partial charge is 0.378 e. The van der Waals surface area contributed by atoms with Crippen molar-refractivity contribution in [1.29, 1.82) is 0 Å². The fourth-order valence-corrected chi connectivity index (χ4v) is 2.86. The fraction of sp³-hybridized carbons (Fsp3) is 0.357. The highest BCUT2D eigenvalue weighted by molar-refractivity contribution is 6.30. The summed E-state index contributed by atoms with van der Waals surface area (Å²) >= 11 is 6.16. The van der Waals surface area contributed by atoms with Gasteiger partial charge in [-0.2, -0.15) is 5.10 Å². The predicted molar refractivity (Wildman–Crippen MR) is 84.1 cm³/mol. The molecule has 4 heterocycles. The molecule has 4 rings (SSSR count). The highest BCUT2D eigenvalue weighted by Crippen LogP contribution is 2.30. The molecule has 0 aromatic carbocycles. The van der Waals surface area contributed by atoms with Crippen LogP contribution in [0, 0.1) is 0 Å². The molecule has 0 radical (unpaired) electrons. The third-order valence-electron chi connectivity index (χ3n) is 3.74. The monoisotopic (exact) mass is 318 g/mol. The Kier molecular flexibility index (Phi) is 3.24. The number of aryl methyl sites for hydroxylation is 1. The van der Waals surface area contributed by atoms with Crippen LogP contribution in [-0.4, -0.2) is 51.0 Å². The molecule has 1 saturated heterocycles. The molecule has 0 bridgehead atoms. The van der Waals surface area contributed by atoms with Gasteiger partial charge in [-0.25, -0.2) is 9.97 Å². The van der Waals surface area contributed by atoms with E-state index in [1.165, 1.54) is 0 Å². The number of H-pyrrole nitrogens is 1. The maximum absolute atomic E-state index is 6.16. The van der Waals surface area contributed by atoms with Crippen molar-refractivity contribution in [3.05, 3.63) is 23.6 Å². The number of aromatic amines is 1. The van der Waals surface area contributed by atoms with Gasteiger partial charge in [0, 0.05) is 32.4 Å². The predicted octanol–water partition coefficient (Wildman–Crippen LogP) is 1.85. The molecule has 0 amide bonds. The number of morpholine rings is 1. The number of hydrogen-bond acceptors (Lipinski definition) is 5. The van der Waals surface area contributed by atoms with Crippen LogP contribution in [0.2, 0.25) is 5.15 Å². The van der Waals surface area contributed by atoms with Crippen LogP contribution in [0.5, 0.6) is 0 Å². The average molecular weight is 319 g/mol. The molecular weight excluding hydrogens is 304 g/mol.